The predicted octanol–water partition coefficient (Wildman–Crippen LogP) is 3.75. The van der Waals surface area contributed by atoms with Crippen LogP contribution in [-0.2, 0) is 15.7 Å². The molecule has 3 rings (SSSR count). The zero-order valence-corrected chi connectivity index (χ0v) is 16.3. The fraction of sp³-hybridized carbons (Fsp3) is 0.450. The van der Waals surface area contributed by atoms with Crippen LogP contribution in [0, 0.1) is 6.92 Å². The molecule has 2 heterocycles. The van der Waals surface area contributed by atoms with Crippen molar-refractivity contribution in [3.8, 4) is 0 Å². The minimum Gasteiger partial charge on any atom is -0.294 e. The lowest BCUT2D eigenvalue weighted by Crippen LogP contribution is -2.45. The molecular weight excluding hydrogens is 348 g/mol. The van der Waals surface area contributed by atoms with Crippen LogP contribution in [-0.4, -0.2) is 35.9 Å². The number of hydrogen-bond acceptors (Lipinski definition) is 4. The second kappa shape index (κ2) is 7.10. The Bertz CT molecular complexity index is 871. The molecule has 0 unspecified atom stereocenters. The number of hydrogen-bond donors (Lipinski definition) is 1. The molecule has 140 valence electrons. The number of likely N-dealkylation sites (tertiary alicyclic amines) is 1. The zero-order chi connectivity index (χ0) is 18.9. The third-order valence-electron chi connectivity index (χ3n) is 5.56. The molecule has 1 N–H and O–H groups in total. The SMILES string of the molecule is Cc1ccc(S(=O)(=O)O)c(C2CCN(C(C)(C)c3ccncc3)CC2)c1. The average Bonchev–Trinajstić information content (AvgIpc) is 2.61. The van der Waals surface area contributed by atoms with Gasteiger partial charge < -0.3 is 0 Å². The van der Waals surface area contributed by atoms with Crippen molar-refractivity contribution in [1.29, 1.82) is 0 Å². The van der Waals surface area contributed by atoms with Crippen molar-refractivity contribution in [2.45, 2.75) is 50.0 Å². The fourth-order valence-electron chi connectivity index (χ4n) is 3.91. The highest BCUT2D eigenvalue weighted by Crippen LogP contribution is 2.37. The third kappa shape index (κ3) is 3.82. The Hall–Kier alpha value is -1.76. The Morgan fingerprint density at radius 2 is 1.73 bits per heavy atom. The predicted molar refractivity (Wildman–Crippen MR) is 102 cm³/mol. The highest BCUT2D eigenvalue weighted by molar-refractivity contribution is 7.85. The topological polar surface area (TPSA) is 70.5 Å². The number of rotatable bonds is 4. The lowest BCUT2D eigenvalue weighted by Gasteiger charge is -2.43. The van der Waals surface area contributed by atoms with E-state index >= 15 is 0 Å². The van der Waals surface area contributed by atoms with Gasteiger partial charge in [0.1, 0.15) is 0 Å². The van der Waals surface area contributed by atoms with E-state index in [2.05, 4.69) is 23.7 Å². The van der Waals surface area contributed by atoms with Gasteiger partial charge in [-0.15, -0.1) is 0 Å². The molecule has 0 radical (unpaired) electrons. The number of benzene rings is 1. The summed E-state index contributed by atoms with van der Waals surface area (Å²) in [7, 11) is -4.21. The van der Waals surface area contributed by atoms with Gasteiger partial charge in [-0.05, 0) is 81.9 Å². The van der Waals surface area contributed by atoms with E-state index in [9.17, 15) is 13.0 Å². The Morgan fingerprint density at radius 3 is 2.31 bits per heavy atom. The van der Waals surface area contributed by atoms with Crippen LogP contribution in [0.3, 0.4) is 0 Å². The number of nitrogens with zero attached hydrogens (tertiary/aromatic N) is 2. The standard InChI is InChI=1S/C20H26N2O3S/c1-15-4-5-19(26(23,24)25)18(14-15)16-8-12-22(13-9-16)20(2,3)17-6-10-21-11-7-17/h4-7,10-11,14,16H,8-9,12-13H2,1-3H3,(H,23,24,25). The molecule has 26 heavy (non-hydrogen) atoms. The normalized spacial score (nSPS) is 17.4. The van der Waals surface area contributed by atoms with E-state index < -0.39 is 10.1 Å². The summed E-state index contributed by atoms with van der Waals surface area (Å²) in [5.41, 5.74) is 2.87. The van der Waals surface area contributed by atoms with Gasteiger partial charge in [0.25, 0.3) is 10.1 Å². The minimum absolute atomic E-state index is 0.0509. The molecule has 0 aliphatic carbocycles. The second-order valence-electron chi connectivity index (χ2n) is 7.57. The Morgan fingerprint density at radius 1 is 1.12 bits per heavy atom. The van der Waals surface area contributed by atoms with Crippen LogP contribution in [0.1, 0.15) is 49.3 Å². The van der Waals surface area contributed by atoms with Crippen LogP contribution in [0.5, 0.6) is 0 Å². The average molecular weight is 375 g/mol. The molecule has 0 atom stereocenters. The lowest BCUT2D eigenvalue weighted by atomic mass is 9.85. The monoisotopic (exact) mass is 374 g/mol. The molecule has 0 spiro atoms. The van der Waals surface area contributed by atoms with Gasteiger partial charge in [-0.2, -0.15) is 8.42 Å². The molecule has 1 aromatic carbocycles. The van der Waals surface area contributed by atoms with Gasteiger partial charge in [-0.25, -0.2) is 0 Å². The molecule has 1 aromatic heterocycles. The third-order valence-corrected chi connectivity index (χ3v) is 6.48. The Labute approximate surface area is 155 Å². The van der Waals surface area contributed by atoms with E-state index in [1.165, 1.54) is 11.6 Å². The van der Waals surface area contributed by atoms with Crippen molar-refractivity contribution in [1.82, 2.24) is 9.88 Å². The maximum atomic E-state index is 11.8. The first-order valence-corrected chi connectivity index (χ1v) is 10.4. The number of aryl methyl sites for hydroxylation is 1. The molecule has 1 aliphatic rings. The van der Waals surface area contributed by atoms with E-state index in [0.29, 0.717) is 0 Å². The van der Waals surface area contributed by atoms with Crippen LogP contribution >= 0.6 is 0 Å². The summed E-state index contributed by atoms with van der Waals surface area (Å²) in [6.07, 6.45) is 5.35. The molecule has 5 nitrogen and oxygen atoms in total. The minimum atomic E-state index is -4.21. The first-order chi connectivity index (χ1) is 12.2. The molecule has 1 fully saturated rings. The van der Waals surface area contributed by atoms with Crippen molar-refractivity contribution in [2.75, 3.05) is 13.1 Å². The smallest absolute Gasteiger partial charge is 0.294 e. The molecular formula is C20H26N2O3S. The number of piperidine rings is 1. The van der Waals surface area contributed by atoms with Crippen LogP contribution in [0.15, 0.2) is 47.6 Å². The summed E-state index contributed by atoms with van der Waals surface area (Å²) in [5, 5.41) is 0. The molecule has 0 bridgehead atoms. The van der Waals surface area contributed by atoms with Crippen molar-refractivity contribution in [2.24, 2.45) is 0 Å². The van der Waals surface area contributed by atoms with E-state index in [-0.39, 0.29) is 16.4 Å². The van der Waals surface area contributed by atoms with Gasteiger partial charge >= 0.3 is 0 Å². The van der Waals surface area contributed by atoms with Crippen molar-refractivity contribution < 1.29 is 13.0 Å². The molecule has 0 amide bonds. The zero-order valence-electron chi connectivity index (χ0n) is 15.5. The summed E-state index contributed by atoms with van der Waals surface area (Å²) in [6, 6.07) is 9.24. The highest BCUT2D eigenvalue weighted by Gasteiger charge is 2.33. The maximum absolute atomic E-state index is 11.8. The van der Waals surface area contributed by atoms with Crippen molar-refractivity contribution in [3.05, 3.63) is 59.4 Å². The molecule has 2 aromatic rings. The summed E-state index contributed by atoms with van der Waals surface area (Å²) < 4.78 is 33.1. The van der Waals surface area contributed by atoms with Gasteiger partial charge in [0.15, 0.2) is 0 Å². The number of pyridine rings is 1. The maximum Gasteiger partial charge on any atom is 0.294 e. The largest absolute Gasteiger partial charge is 0.294 e. The van der Waals surface area contributed by atoms with Crippen molar-refractivity contribution >= 4 is 10.1 Å². The van der Waals surface area contributed by atoms with Gasteiger partial charge in [0, 0.05) is 17.9 Å². The summed E-state index contributed by atoms with van der Waals surface area (Å²) >= 11 is 0. The van der Waals surface area contributed by atoms with E-state index in [0.717, 1.165) is 37.1 Å². The molecule has 1 saturated heterocycles. The summed E-state index contributed by atoms with van der Waals surface area (Å²) in [5.74, 6) is 0.135. The first kappa shape index (κ1) is 19.0. The quantitative estimate of drug-likeness (QED) is 0.825. The van der Waals surface area contributed by atoms with Crippen molar-refractivity contribution in [3.63, 3.8) is 0 Å². The number of aromatic nitrogens is 1. The van der Waals surface area contributed by atoms with Gasteiger partial charge in [-0.3, -0.25) is 14.4 Å². The van der Waals surface area contributed by atoms with Gasteiger partial charge in [-0.1, -0.05) is 17.7 Å². The van der Waals surface area contributed by atoms with E-state index in [1.807, 2.05) is 37.5 Å². The second-order valence-corrected chi connectivity index (χ2v) is 8.96. The fourth-order valence-corrected chi connectivity index (χ4v) is 4.68. The summed E-state index contributed by atoms with van der Waals surface area (Å²) in [4.78, 5) is 6.58. The van der Waals surface area contributed by atoms with Gasteiger partial charge in [0.2, 0.25) is 0 Å². The van der Waals surface area contributed by atoms with Crippen LogP contribution < -0.4 is 0 Å². The first-order valence-electron chi connectivity index (χ1n) is 8.93. The molecule has 1 aliphatic heterocycles. The highest BCUT2D eigenvalue weighted by atomic mass is 32.2. The molecule has 6 heteroatoms. The summed E-state index contributed by atoms with van der Waals surface area (Å²) in [6.45, 7) is 8.11. The molecule has 0 saturated carbocycles. The van der Waals surface area contributed by atoms with E-state index in [4.69, 9.17) is 0 Å². The van der Waals surface area contributed by atoms with Crippen LogP contribution in [0.25, 0.3) is 0 Å². The Balaban J connectivity index is 1.81. The van der Waals surface area contributed by atoms with Crippen LogP contribution in [0.4, 0.5) is 0 Å². The van der Waals surface area contributed by atoms with E-state index in [1.54, 1.807) is 6.07 Å². The van der Waals surface area contributed by atoms with Gasteiger partial charge in [0.05, 0.1) is 4.90 Å². The lowest BCUT2D eigenvalue weighted by molar-refractivity contribution is 0.0861. The van der Waals surface area contributed by atoms with Crippen LogP contribution in [0.2, 0.25) is 0 Å². The Kier molecular flexibility index (Phi) is 5.19.